The number of benzene rings is 2. The smallest absolute Gasteiger partial charge is 0.336 e. The van der Waals surface area contributed by atoms with Gasteiger partial charge in [0.25, 0.3) is 0 Å². The molecule has 0 aliphatic rings. The molecule has 3 rings (SSSR count). The van der Waals surface area contributed by atoms with E-state index in [1.807, 2.05) is 18.2 Å². The Hall–Kier alpha value is -2.79. The van der Waals surface area contributed by atoms with Gasteiger partial charge < -0.3 is 18.8 Å². The number of ether oxygens (including phenoxy) is 2. The van der Waals surface area contributed by atoms with Crippen LogP contribution in [0.2, 0.25) is 0 Å². The van der Waals surface area contributed by atoms with Crippen molar-refractivity contribution in [3.63, 3.8) is 0 Å². The summed E-state index contributed by atoms with van der Waals surface area (Å²) < 4.78 is 16.4. The van der Waals surface area contributed by atoms with Gasteiger partial charge in [-0.25, -0.2) is 4.79 Å². The molecule has 0 amide bonds. The van der Waals surface area contributed by atoms with Crippen LogP contribution in [0.15, 0.2) is 39.5 Å². The van der Waals surface area contributed by atoms with Crippen molar-refractivity contribution in [1.29, 1.82) is 0 Å². The Balaban J connectivity index is 1.94. The molecule has 0 fully saturated rings. The van der Waals surface area contributed by atoms with Gasteiger partial charge in [-0.3, -0.25) is 0 Å². The molecule has 0 radical (unpaired) electrons. The number of methoxy groups -OCH3 is 2. The van der Waals surface area contributed by atoms with Crippen LogP contribution in [0.3, 0.4) is 0 Å². The van der Waals surface area contributed by atoms with Crippen LogP contribution in [0.1, 0.15) is 47.6 Å². The second-order valence-electron chi connectivity index (χ2n) is 8.39. The first-order valence-electron chi connectivity index (χ1n) is 10.3. The zero-order valence-electron chi connectivity index (χ0n) is 19.0. The lowest BCUT2D eigenvalue weighted by molar-refractivity contribution is -0.907. The lowest BCUT2D eigenvalue weighted by Gasteiger charge is -2.19. The van der Waals surface area contributed by atoms with Crippen LogP contribution in [0.5, 0.6) is 11.5 Å². The number of hydrogen-bond donors (Lipinski definition) is 1. The van der Waals surface area contributed by atoms with Gasteiger partial charge in [-0.2, -0.15) is 0 Å². The summed E-state index contributed by atoms with van der Waals surface area (Å²) in [5.74, 6) is 1.88. The molecule has 5 nitrogen and oxygen atoms in total. The summed E-state index contributed by atoms with van der Waals surface area (Å²) in [6, 6.07) is 9.85. The third-order valence-corrected chi connectivity index (χ3v) is 5.67. The first-order valence-corrected chi connectivity index (χ1v) is 10.3. The van der Waals surface area contributed by atoms with Crippen LogP contribution in [0.4, 0.5) is 0 Å². The predicted molar refractivity (Wildman–Crippen MR) is 120 cm³/mol. The molecule has 1 N–H and O–H groups in total. The van der Waals surface area contributed by atoms with Crippen molar-refractivity contribution >= 4 is 11.0 Å². The zero-order chi connectivity index (χ0) is 22.0. The molecule has 0 saturated carbocycles. The number of nitrogens with one attached hydrogen (secondary N) is 1. The van der Waals surface area contributed by atoms with Gasteiger partial charge in [-0.1, -0.05) is 13.8 Å². The number of quaternary nitrogens is 1. The van der Waals surface area contributed by atoms with E-state index in [2.05, 4.69) is 40.8 Å². The average Bonchev–Trinajstić information content (AvgIpc) is 2.68. The molecule has 1 unspecified atom stereocenters. The summed E-state index contributed by atoms with van der Waals surface area (Å²) in [5, 5.41) is 1.02. The molecule has 0 aliphatic carbocycles. The van der Waals surface area contributed by atoms with Gasteiger partial charge in [0, 0.05) is 22.6 Å². The monoisotopic (exact) mass is 410 g/mol. The molecular weight excluding hydrogens is 378 g/mol. The largest absolute Gasteiger partial charge is 0.493 e. The highest BCUT2D eigenvalue weighted by molar-refractivity contribution is 5.82. The quantitative estimate of drug-likeness (QED) is 0.603. The second-order valence-corrected chi connectivity index (χ2v) is 8.39. The number of aryl methyl sites for hydroxylation is 2. The van der Waals surface area contributed by atoms with E-state index in [1.165, 1.54) is 16.0 Å². The molecule has 30 heavy (non-hydrogen) atoms. The van der Waals surface area contributed by atoms with Crippen molar-refractivity contribution in [1.82, 2.24) is 0 Å². The van der Waals surface area contributed by atoms with E-state index in [0.29, 0.717) is 11.5 Å². The van der Waals surface area contributed by atoms with E-state index in [0.717, 1.165) is 46.7 Å². The molecule has 3 aromatic rings. The van der Waals surface area contributed by atoms with Crippen molar-refractivity contribution in [3.8, 4) is 11.5 Å². The number of rotatable bonds is 7. The Morgan fingerprint density at radius 2 is 1.53 bits per heavy atom. The minimum absolute atomic E-state index is 0.302. The van der Waals surface area contributed by atoms with Gasteiger partial charge in [0.1, 0.15) is 18.7 Å². The van der Waals surface area contributed by atoms with Crippen LogP contribution in [0, 0.1) is 13.8 Å². The molecule has 160 valence electrons. The zero-order valence-corrected chi connectivity index (χ0v) is 19.0. The normalized spacial score (nSPS) is 12.4. The maximum atomic E-state index is 12.2. The molecule has 2 aromatic carbocycles. The molecule has 0 saturated heterocycles. The number of hydrogen-bond acceptors (Lipinski definition) is 4. The van der Waals surface area contributed by atoms with Crippen molar-refractivity contribution in [2.24, 2.45) is 0 Å². The third kappa shape index (κ3) is 4.51. The summed E-state index contributed by atoms with van der Waals surface area (Å²) in [6.07, 6.45) is 0. The van der Waals surface area contributed by atoms with Gasteiger partial charge in [0.2, 0.25) is 0 Å². The summed E-state index contributed by atoms with van der Waals surface area (Å²) in [5.41, 5.74) is 6.15. The summed E-state index contributed by atoms with van der Waals surface area (Å²) >= 11 is 0. The van der Waals surface area contributed by atoms with Crippen LogP contribution >= 0.6 is 0 Å². The van der Waals surface area contributed by atoms with Crippen molar-refractivity contribution < 1.29 is 18.8 Å². The van der Waals surface area contributed by atoms with Crippen LogP contribution < -0.4 is 20.0 Å². The van der Waals surface area contributed by atoms with Crippen LogP contribution in [0.25, 0.3) is 11.0 Å². The fourth-order valence-corrected chi connectivity index (χ4v) is 4.09. The summed E-state index contributed by atoms with van der Waals surface area (Å²) in [6.45, 7) is 10.0. The summed E-state index contributed by atoms with van der Waals surface area (Å²) in [7, 11) is 5.43. The molecule has 0 bridgehead atoms. The summed E-state index contributed by atoms with van der Waals surface area (Å²) in [4.78, 5) is 13.4. The van der Waals surface area contributed by atoms with Crippen LogP contribution in [-0.2, 0) is 13.1 Å². The molecule has 5 heteroatoms. The lowest BCUT2D eigenvalue weighted by Crippen LogP contribution is -3.06. The second kappa shape index (κ2) is 8.92. The predicted octanol–water partition coefficient (Wildman–Crippen LogP) is 3.77. The first-order chi connectivity index (χ1) is 14.2. The van der Waals surface area contributed by atoms with E-state index in [-0.39, 0.29) is 5.63 Å². The molecule has 0 aliphatic heterocycles. The Morgan fingerprint density at radius 1 is 0.900 bits per heavy atom. The van der Waals surface area contributed by atoms with E-state index in [4.69, 9.17) is 13.9 Å². The van der Waals surface area contributed by atoms with Gasteiger partial charge in [-0.15, -0.1) is 0 Å². The topological polar surface area (TPSA) is 53.1 Å². The third-order valence-electron chi connectivity index (χ3n) is 5.67. The Kier molecular flexibility index (Phi) is 6.52. The van der Waals surface area contributed by atoms with Crippen molar-refractivity contribution in [3.05, 3.63) is 68.6 Å². The Bertz CT molecular complexity index is 1110. The maximum Gasteiger partial charge on any atom is 0.336 e. The molecule has 1 atom stereocenters. The average molecular weight is 411 g/mol. The Labute approximate surface area is 178 Å². The first kappa shape index (κ1) is 21.9. The van der Waals surface area contributed by atoms with Crippen molar-refractivity contribution in [2.45, 2.75) is 46.7 Å². The molecule has 1 heterocycles. The highest BCUT2D eigenvalue weighted by atomic mass is 16.5. The minimum Gasteiger partial charge on any atom is -0.493 e. The highest BCUT2D eigenvalue weighted by Crippen LogP contribution is 2.30. The maximum absolute atomic E-state index is 12.2. The minimum atomic E-state index is -0.302. The van der Waals surface area contributed by atoms with Gasteiger partial charge in [-0.05, 0) is 60.7 Å². The fraction of sp³-hybridized carbons (Fsp3) is 0.400. The standard InChI is InChI=1S/C25H31NO4/c1-15(2)20-12-21-19(11-25(27)30-22(21)9-17(20)4)14-26(5)13-18-10-24(29-7)23(28-6)8-16(18)3/h8-12,15H,13-14H2,1-7H3/p+1. The molecule has 0 spiro atoms. The number of fused-ring (bicyclic) bond motifs is 1. The van der Waals surface area contributed by atoms with E-state index in [1.54, 1.807) is 20.3 Å². The van der Waals surface area contributed by atoms with Crippen molar-refractivity contribution in [2.75, 3.05) is 21.3 Å². The van der Waals surface area contributed by atoms with Gasteiger partial charge in [0.05, 0.1) is 21.3 Å². The molecular formula is C25H32NO4+. The van der Waals surface area contributed by atoms with E-state index < -0.39 is 0 Å². The Morgan fingerprint density at radius 3 is 2.17 bits per heavy atom. The fourth-order valence-electron chi connectivity index (χ4n) is 4.09. The van der Waals surface area contributed by atoms with Gasteiger partial charge in [0.15, 0.2) is 11.5 Å². The SMILES string of the molecule is COc1cc(C)c(C[NH+](C)Cc2cc(=O)oc3cc(C)c(C(C)C)cc23)cc1OC. The molecule has 1 aromatic heterocycles. The van der Waals surface area contributed by atoms with Gasteiger partial charge >= 0.3 is 5.63 Å². The van der Waals surface area contributed by atoms with Crippen LogP contribution in [-0.4, -0.2) is 21.3 Å². The van der Waals surface area contributed by atoms with E-state index >= 15 is 0 Å². The lowest BCUT2D eigenvalue weighted by atomic mass is 9.95. The van der Waals surface area contributed by atoms with E-state index in [9.17, 15) is 4.79 Å². The highest BCUT2D eigenvalue weighted by Gasteiger charge is 2.16.